The Kier molecular flexibility index (Phi) is 4.43. The average molecular weight is 285 g/mol. The number of rotatable bonds is 2. The summed E-state index contributed by atoms with van der Waals surface area (Å²) in [5, 5.41) is 0. The van der Waals surface area contributed by atoms with Crippen LogP contribution in [0, 0.1) is 11.8 Å². The van der Waals surface area contributed by atoms with Gasteiger partial charge in [-0.3, -0.25) is 0 Å². The molecule has 0 bridgehead atoms. The van der Waals surface area contributed by atoms with Crippen LogP contribution in [-0.4, -0.2) is 6.04 Å². The van der Waals surface area contributed by atoms with Gasteiger partial charge in [0, 0.05) is 6.04 Å². The molecule has 4 heteroatoms. The highest BCUT2D eigenvalue weighted by Gasteiger charge is 2.33. The number of alkyl halides is 3. The van der Waals surface area contributed by atoms with Gasteiger partial charge in [-0.2, -0.15) is 13.2 Å². The third-order valence-electron chi connectivity index (χ3n) is 4.55. The molecule has 0 spiro atoms. The zero-order valence-electron chi connectivity index (χ0n) is 12.0. The van der Waals surface area contributed by atoms with Gasteiger partial charge in [0.25, 0.3) is 0 Å². The summed E-state index contributed by atoms with van der Waals surface area (Å²) in [6.07, 6.45) is -1.22. The van der Waals surface area contributed by atoms with Gasteiger partial charge in [-0.1, -0.05) is 26.0 Å². The second kappa shape index (κ2) is 5.76. The molecule has 3 unspecified atom stereocenters. The fraction of sp³-hybridized carbons (Fsp3) is 0.625. The number of hydrogen-bond donors (Lipinski definition) is 1. The molecule has 3 atom stereocenters. The molecule has 1 aromatic rings. The molecule has 1 aliphatic carbocycles. The first-order chi connectivity index (χ1) is 9.29. The predicted octanol–water partition coefficient (Wildman–Crippen LogP) is 4.57. The van der Waals surface area contributed by atoms with Crippen LogP contribution in [0.3, 0.4) is 0 Å². The van der Waals surface area contributed by atoms with Crippen molar-refractivity contribution in [1.82, 2.24) is 0 Å². The van der Waals surface area contributed by atoms with Crippen molar-refractivity contribution in [1.29, 1.82) is 0 Å². The minimum atomic E-state index is -4.27. The van der Waals surface area contributed by atoms with Crippen LogP contribution in [0.2, 0.25) is 0 Å². The molecule has 1 aromatic carbocycles. The first-order valence-corrected chi connectivity index (χ1v) is 7.21. The standard InChI is InChI=1S/C16H22F3N/c1-10(2)12-5-8-15(20)14(9-12)11-3-6-13(7-4-11)16(17,18)19/h3-4,6-7,10,12,14-15H,5,8-9,20H2,1-2H3. The first-order valence-electron chi connectivity index (χ1n) is 7.21. The third-order valence-corrected chi connectivity index (χ3v) is 4.55. The number of nitrogens with two attached hydrogens (primary N) is 1. The Bertz CT molecular complexity index is 436. The van der Waals surface area contributed by atoms with Crippen molar-refractivity contribution in [3.05, 3.63) is 35.4 Å². The van der Waals surface area contributed by atoms with E-state index in [9.17, 15) is 13.2 Å². The van der Waals surface area contributed by atoms with Gasteiger partial charge in [0.2, 0.25) is 0 Å². The fourth-order valence-corrected chi connectivity index (χ4v) is 3.13. The Morgan fingerprint density at radius 1 is 1.10 bits per heavy atom. The molecule has 2 N–H and O–H groups in total. The van der Waals surface area contributed by atoms with Crippen LogP contribution in [0.5, 0.6) is 0 Å². The van der Waals surface area contributed by atoms with Crippen molar-refractivity contribution in [2.24, 2.45) is 17.6 Å². The van der Waals surface area contributed by atoms with Gasteiger partial charge in [0.15, 0.2) is 0 Å². The van der Waals surface area contributed by atoms with Gasteiger partial charge in [0.1, 0.15) is 0 Å². The van der Waals surface area contributed by atoms with Crippen molar-refractivity contribution in [2.45, 2.75) is 51.2 Å². The van der Waals surface area contributed by atoms with E-state index in [2.05, 4.69) is 13.8 Å². The molecule has 0 saturated heterocycles. The van der Waals surface area contributed by atoms with E-state index in [0.717, 1.165) is 24.8 Å². The highest BCUT2D eigenvalue weighted by atomic mass is 19.4. The summed E-state index contributed by atoms with van der Waals surface area (Å²) in [6.45, 7) is 4.40. The van der Waals surface area contributed by atoms with E-state index in [-0.39, 0.29) is 12.0 Å². The summed E-state index contributed by atoms with van der Waals surface area (Å²) in [6, 6.07) is 5.58. The minimum absolute atomic E-state index is 0.0572. The van der Waals surface area contributed by atoms with E-state index in [1.807, 2.05) is 0 Å². The molecule has 112 valence electrons. The van der Waals surface area contributed by atoms with Crippen molar-refractivity contribution >= 4 is 0 Å². The van der Waals surface area contributed by atoms with Crippen LogP contribution in [0.15, 0.2) is 24.3 Å². The molecule has 0 aromatic heterocycles. The molecular formula is C16H22F3N. The highest BCUT2D eigenvalue weighted by Crippen LogP contribution is 2.39. The summed E-state index contributed by atoms with van der Waals surface area (Å²) >= 11 is 0. The van der Waals surface area contributed by atoms with E-state index in [1.165, 1.54) is 12.1 Å². The molecule has 0 radical (unpaired) electrons. The van der Waals surface area contributed by atoms with E-state index in [4.69, 9.17) is 5.73 Å². The van der Waals surface area contributed by atoms with Gasteiger partial charge >= 0.3 is 6.18 Å². The Hall–Kier alpha value is -1.03. The number of hydrogen-bond acceptors (Lipinski definition) is 1. The third kappa shape index (κ3) is 3.35. The average Bonchev–Trinajstić information content (AvgIpc) is 2.38. The van der Waals surface area contributed by atoms with E-state index < -0.39 is 11.7 Å². The quantitative estimate of drug-likeness (QED) is 0.846. The van der Waals surface area contributed by atoms with E-state index >= 15 is 0 Å². The zero-order valence-corrected chi connectivity index (χ0v) is 12.0. The smallest absolute Gasteiger partial charge is 0.327 e. The summed E-state index contributed by atoms with van der Waals surface area (Å²) in [4.78, 5) is 0. The lowest BCUT2D eigenvalue weighted by molar-refractivity contribution is -0.137. The summed E-state index contributed by atoms with van der Waals surface area (Å²) in [5.41, 5.74) is 6.52. The normalized spacial score (nSPS) is 27.9. The van der Waals surface area contributed by atoms with Gasteiger partial charge < -0.3 is 5.73 Å². The molecule has 1 aliphatic rings. The second-order valence-electron chi connectivity index (χ2n) is 6.21. The van der Waals surface area contributed by atoms with Crippen LogP contribution in [0.4, 0.5) is 13.2 Å². The Balaban J connectivity index is 2.17. The Morgan fingerprint density at radius 3 is 2.20 bits per heavy atom. The van der Waals surface area contributed by atoms with Crippen LogP contribution in [0.25, 0.3) is 0 Å². The van der Waals surface area contributed by atoms with Crippen LogP contribution >= 0.6 is 0 Å². The summed E-state index contributed by atoms with van der Waals surface area (Å²) in [7, 11) is 0. The lowest BCUT2D eigenvalue weighted by Crippen LogP contribution is -2.35. The molecule has 1 fully saturated rings. The van der Waals surface area contributed by atoms with Gasteiger partial charge in [-0.05, 0) is 54.7 Å². The number of benzene rings is 1. The van der Waals surface area contributed by atoms with Crippen molar-refractivity contribution in [3.63, 3.8) is 0 Å². The minimum Gasteiger partial charge on any atom is -0.327 e. The molecule has 1 nitrogen and oxygen atoms in total. The Labute approximate surface area is 118 Å². The first kappa shape index (κ1) is 15.4. The van der Waals surface area contributed by atoms with E-state index in [1.54, 1.807) is 12.1 Å². The monoisotopic (exact) mass is 285 g/mol. The highest BCUT2D eigenvalue weighted by molar-refractivity contribution is 5.28. The maximum Gasteiger partial charge on any atom is 0.416 e. The zero-order chi connectivity index (χ0) is 14.9. The molecule has 0 aliphatic heterocycles. The maximum absolute atomic E-state index is 12.6. The van der Waals surface area contributed by atoms with Crippen molar-refractivity contribution in [3.8, 4) is 0 Å². The lowest BCUT2D eigenvalue weighted by Gasteiger charge is -2.36. The molecular weight excluding hydrogens is 263 g/mol. The van der Waals surface area contributed by atoms with Crippen LogP contribution in [0.1, 0.15) is 50.2 Å². The second-order valence-corrected chi connectivity index (χ2v) is 6.21. The molecule has 20 heavy (non-hydrogen) atoms. The van der Waals surface area contributed by atoms with Crippen LogP contribution in [-0.2, 0) is 6.18 Å². The molecule has 1 saturated carbocycles. The fourth-order valence-electron chi connectivity index (χ4n) is 3.13. The van der Waals surface area contributed by atoms with Gasteiger partial charge in [-0.15, -0.1) is 0 Å². The maximum atomic E-state index is 12.6. The summed E-state index contributed by atoms with van der Waals surface area (Å²) in [5.74, 6) is 1.39. The molecule has 0 amide bonds. The topological polar surface area (TPSA) is 26.0 Å². The molecule has 2 rings (SSSR count). The van der Waals surface area contributed by atoms with Crippen molar-refractivity contribution < 1.29 is 13.2 Å². The number of halogens is 3. The lowest BCUT2D eigenvalue weighted by atomic mass is 9.71. The predicted molar refractivity (Wildman–Crippen MR) is 74.3 cm³/mol. The molecule has 0 heterocycles. The van der Waals surface area contributed by atoms with Gasteiger partial charge in [-0.25, -0.2) is 0 Å². The van der Waals surface area contributed by atoms with Crippen molar-refractivity contribution in [2.75, 3.05) is 0 Å². The van der Waals surface area contributed by atoms with E-state index in [0.29, 0.717) is 11.8 Å². The SMILES string of the molecule is CC(C)C1CCC(N)C(c2ccc(C(F)(F)F)cc2)C1. The van der Waals surface area contributed by atoms with Gasteiger partial charge in [0.05, 0.1) is 5.56 Å². The summed E-state index contributed by atoms with van der Waals surface area (Å²) < 4.78 is 37.7. The Morgan fingerprint density at radius 2 is 1.70 bits per heavy atom. The largest absolute Gasteiger partial charge is 0.416 e. The van der Waals surface area contributed by atoms with Crippen LogP contribution < -0.4 is 5.73 Å².